The summed E-state index contributed by atoms with van der Waals surface area (Å²) >= 11 is 0. The quantitative estimate of drug-likeness (QED) is 0.293. The molecule has 1 aromatic rings. The molecule has 0 aliphatic rings. The fraction of sp³-hybridized carbons (Fsp3) is 0.714. The third kappa shape index (κ3) is 9.17. The van der Waals surface area contributed by atoms with Crippen molar-refractivity contribution in [1.82, 2.24) is 15.1 Å². The fourth-order valence-electron chi connectivity index (χ4n) is 1.86. The number of aliphatic imine (C=N–C) groups is 1. The number of guanidine groups is 1. The Morgan fingerprint density at radius 2 is 2.20 bits per heavy atom. The van der Waals surface area contributed by atoms with Crippen molar-refractivity contribution in [2.75, 3.05) is 13.1 Å². The van der Waals surface area contributed by atoms with Crippen molar-refractivity contribution in [3.63, 3.8) is 0 Å². The zero-order chi connectivity index (χ0) is 13.9. The monoisotopic (exact) mass is 393 g/mol. The third-order valence-corrected chi connectivity index (χ3v) is 2.97. The van der Waals surface area contributed by atoms with Crippen LogP contribution in [0.15, 0.2) is 23.5 Å². The Balaban J connectivity index is 0.00000361. The van der Waals surface area contributed by atoms with Crippen molar-refractivity contribution in [2.24, 2.45) is 16.6 Å². The molecule has 5 nitrogen and oxygen atoms in total. The van der Waals surface area contributed by atoms with Gasteiger partial charge >= 0.3 is 0 Å². The van der Waals surface area contributed by atoms with Crippen molar-refractivity contribution in [1.29, 1.82) is 0 Å². The predicted octanol–water partition coefficient (Wildman–Crippen LogP) is 2.62. The van der Waals surface area contributed by atoms with E-state index in [4.69, 9.17) is 5.73 Å². The van der Waals surface area contributed by atoms with Crippen molar-refractivity contribution < 1.29 is 0 Å². The number of aromatic nitrogens is 2. The number of hydrogen-bond donors (Lipinski definition) is 2. The van der Waals surface area contributed by atoms with Gasteiger partial charge < -0.3 is 11.1 Å². The van der Waals surface area contributed by atoms with Crippen LogP contribution in [0.1, 0.15) is 39.5 Å². The molecule has 0 aliphatic carbocycles. The van der Waals surface area contributed by atoms with E-state index < -0.39 is 0 Å². The number of rotatable bonds is 9. The van der Waals surface area contributed by atoms with Crippen LogP contribution in [0.2, 0.25) is 0 Å². The van der Waals surface area contributed by atoms with E-state index in [0.717, 1.165) is 26.1 Å². The summed E-state index contributed by atoms with van der Waals surface area (Å²) in [7, 11) is 0. The van der Waals surface area contributed by atoms with Crippen molar-refractivity contribution >= 4 is 29.9 Å². The predicted molar refractivity (Wildman–Crippen MR) is 95.4 cm³/mol. The van der Waals surface area contributed by atoms with Gasteiger partial charge in [-0.05, 0) is 18.4 Å². The van der Waals surface area contributed by atoms with E-state index in [2.05, 4.69) is 29.3 Å². The van der Waals surface area contributed by atoms with Gasteiger partial charge in [-0.3, -0.25) is 9.67 Å². The lowest BCUT2D eigenvalue weighted by atomic mass is 10.2. The molecule has 1 heterocycles. The number of halogens is 1. The maximum atomic E-state index is 5.83. The van der Waals surface area contributed by atoms with Gasteiger partial charge in [-0.2, -0.15) is 5.10 Å². The van der Waals surface area contributed by atoms with Crippen LogP contribution in [0.4, 0.5) is 0 Å². The Kier molecular flexibility index (Phi) is 11.5. The summed E-state index contributed by atoms with van der Waals surface area (Å²) in [5, 5.41) is 7.34. The maximum absolute atomic E-state index is 5.83. The minimum absolute atomic E-state index is 0. The molecule has 116 valence electrons. The topological polar surface area (TPSA) is 68.2 Å². The van der Waals surface area contributed by atoms with E-state index in [1.807, 2.05) is 16.9 Å². The SMILES string of the molecule is CCCCCCNC(N)=NCC(C)Cn1cccn1.I. The summed E-state index contributed by atoms with van der Waals surface area (Å²) in [6.07, 6.45) is 8.73. The zero-order valence-electron chi connectivity index (χ0n) is 12.6. The molecule has 20 heavy (non-hydrogen) atoms. The molecule has 0 spiro atoms. The smallest absolute Gasteiger partial charge is 0.188 e. The van der Waals surface area contributed by atoms with E-state index in [9.17, 15) is 0 Å². The van der Waals surface area contributed by atoms with Crippen molar-refractivity contribution in [3.05, 3.63) is 18.5 Å². The fourth-order valence-corrected chi connectivity index (χ4v) is 1.86. The molecule has 0 aliphatic heterocycles. The molecular formula is C14H28IN5. The maximum Gasteiger partial charge on any atom is 0.188 e. The number of unbranched alkanes of at least 4 members (excludes halogenated alkanes) is 3. The summed E-state index contributed by atoms with van der Waals surface area (Å²) in [6.45, 7) is 6.89. The summed E-state index contributed by atoms with van der Waals surface area (Å²) in [6, 6.07) is 1.93. The van der Waals surface area contributed by atoms with E-state index in [1.54, 1.807) is 6.20 Å². The van der Waals surface area contributed by atoms with E-state index >= 15 is 0 Å². The van der Waals surface area contributed by atoms with Gasteiger partial charge in [0.15, 0.2) is 5.96 Å². The third-order valence-electron chi connectivity index (χ3n) is 2.97. The summed E-state index contributed by atoms with van der Waals surface area (Å²) < 4.78 is 1.93. The lowest BCUT2D eigenvalue weighted by Crippen LogP contribution is -2.33. The summed E-state index contributed by atoms with van der Waals surface area (Å²) in [4.78, 5) is 4.36. The average molecular weight is 393 g/mol. The van der Waals surface area contributed by atoms with E-state index in [0.29, 0.717) is 11.9 Å². The first kappa shape index (κ1) is 19.2. The normalized spacial score (nSPS) is 12.8. The Labute approximate surface area is 139 Å². The largest absolute Gasteiger partial charge is 0.370 e. The minimum Gasteiger partial charge on any atom is -0.370 e. The van der Waals surface area contributed by atoms with E-state index in [1.165, 1.54) is 19.3 Å². The summed E-state index contributed by atoms with van der Waals surface area (Å²) in [5.74, 6) is 0.990. The van der Waals surface area contributed by atoms with Gasteiger partial charge in [0.2, 0.25) is 0 Å². The first-order chi connectivity index (χ1) is 9.22. The second-order valence-corrected chi connectivity index (χ2v) is 5.05. The van der Waals surface area contributed by atoms with Crippen LogP contribution in [0.3, 0.4) is 0 Å². The Bertz CT molecular complexity index is 350. The Morgan fingerprint density at radius 3 is 2.85 bits per heavy atom. The molecule has 0 amide bonds. The van der Waals surface area contributed by atoms with Crippen molar-refractivity contribution in [2.45, 2.75) is 46.1 Å². The van der Waals surface area contributed by atoms with Crippen LogP contribution < -0.4 is 11.1 Å². The molecule has 1 unspecified atom stereocenters. The molecule has 0 saturated carbocycles. The molecular weight excluding hydrogens is 365 g/mol. The highest BCUT2D eigenvalue weighted by molar-refractivity contribution is 14.0. The molecule has 3 N–H and O–H groups in total. The molecule has 6 heteroatoms. The number of nitrogens with one attached hydrogen (secondary N) is 1. The molecule has 0 radical (unpaired) electrons. The van der Waals surface area contributed by atoms with Gasteiger partial charge in [-0.1, -0.05) is 33.1 Å². The molecule has 0 fully saturated rings. The second kappa shape index (κ2) is 12.0. The highest BCUT2D eigenvalue weighted by Gasteiger charge is 2.02. The van der Waals surface area contributed by atoms with Crippen LogP contribution >= 0.6 is 24.0 Å². The van der Waals surface area contributed by atoms with Crippen LogP contribution in [-0.2, 0) is 6.54 Å². The van der Waals surface area contributed by atoms with Crippen LogP contribution in [0, 0.1) is 5.92 Å². The van der Waals surface area contributed by atoms with Gasteiger partial charge in [-0.15, -0.1) is 24.0 Å². The molecule has 0 bridgehead atoms. The first-order valence-corrected chi connectivity index (χ1v) is 7.23. The number of hydrogen-bond acceptors (Lipinski definition) is 2. The summed E-state index contributed by atoms with van der Waals surface area (Å²) in [5.41, 5.74) is 5.83. The lowest BCUT2D eigenvalue weighted by molar-refractivity contribution is 0.458. The molecule has 0 saturated heterocycles. The second-order valence-electron chi connectivity index (χ2n) is 5.05. The minimum atomic E-state index is 0. The van der Waals surface area contributed by atoms with Crippen LogP contribution in [0.25, 0.3) is 0 Å². The van der Waals surface area contributed by atoms with Gasteiger partial charge in [0.05, 0.1) is 0 Å². The molecule has 1 rings (SSSR count). The molecule has 0 aromatic carbocycles. The van der Waals surface area contributed by atoms with Gasteiger partial charge in [0, 0.05) is 32.0 Å². The lowest BCUT2D eigenvalue weighted by Gasteiger charge is -2.10. The van der Waals surface area contributed by atoms with E-state index in [-0.39, 0.29) is 24.0 Å². The highest BCUT2D eigenvalue weighted by atomic mass is 127. The van der Waals surface area contributed by atoms with Gasteiger partial charge in [0.1, 0.15) is 0 Å². The number of nitrogens with two attached hydrogens (primary N) is 1. The Hall–Kier alpha value is -0.790. The van der Waals surface area contributed by atoms with Gasteiger partial charge in [-0.25, -0.2) is 0 Å². The highest BCUT2D eigenvalue weighted by Crippen LogP contribution is 2.00. The van der Waals surface area contributed by atoms with Crippen LogP contribution in [-0.4, -0.2) is 28.8 Å². The van der Waals surface area contributed by atoms with Gasteiger partial charge in [0.25, 0.3) is 0 Å². The average Bonchev–Trinajstić information content (AvgIpc) is 2.89. The Morgan fingerprint density at radius 1 is 1.40 bits per heavy atom. The standard InChI is InChI=1S/C14H27N5.HI/c1-3-4-5-6-8-16-14(15)17-11-13(2)12-19-10-7-9-18-19;/h7,9-10,13H,3-6,8,11-12H2,1-2H3,(H3,15,16,17);1H. The first-order valence-electron chi connectivity index (χ1n) is 7.23. The van der Waals surface area contributed by atoms with Crippen LogP contribution in [0.5, 0.6) is 0 Å². The van der Waals surface area contributed by atoms with Crippen molar-refractivity contribution in [3.8, 4) is 0 Å². The zero-order valence-corrected chi connectivity index (χ0v) is 14.9. The number of nitrogens with zero attached hydrogens (tertiary/aromatic N) is 3. The molecule has 1 atom stereocenters. The molecule has 1 aromatic heterocycles.